The van der Waals surface area contributed by atoms with Crippen LogP contribution >= 0.6 is 0 Å². The molecule has 4 nitrogen and oxygen atoms in total. The Balaban J connectivity index is 1.91. The standard InChI is InChI=1S/C14H24N2O2/c1-15-7-8-16-13(17)9-12(10-14(16)18)11-5-3-2-4-6-11/h11-12,15H,2-10H2,1H3. The van der Waals surface area contributed by atoms with Crippen molar-refractivity contribution in [1.29, 1.82) is 0 Å². The van der Waals surface area contributed by atoms with E-state index in [0.29, 0.717) is 37.8 Å². The molecule has 0 unspecified atom stereocenters. The van der Waals surface area contributed by atoms with E-state index in [4.69, 9.17) is 0 Å². The van der Waals surface area contributed by atoms with Gasteiger partial charge in [0, 0.05) is 25.9 Å². The minimum Gasteiger partial charge on any atom is -0.318 e. The maximum atomic E-state index is 12.0. The van der Waals surface area contributed by atoms with Crippen LogP contribution in [0.5, 0.6) is 0 Å². The molecule has 1 aliphatic heterocycles. The first kappa shape index (κ1) is 13.5. The van der Waals surface area contributed by atoms with Gasteiger partial charge < -0.3 is 5.32 Å². The number of nitrogens with one attached hydrogen (secondary N) is 1. The van der Waals surface area contributed by atoms with Crippen LogP contribution in [-0.2, 0) is 9.59 Å². The lowest BCUT2D eigenvalue weighted by Gasteiger charge is -2.36. The Morgan fingerprint density at radius 1 is 1.06 bits per heavy atom. The summed E-state index contributed by atoms with van der Waals surface area (Å²) in [5.74, 6) is 1.00. The molecule has 0 aromatic heterocycles. The van der Waals surface area contributed by atoms with Crippen molar-refractivity contribution < 1.29 is 9.59 Å². The number of likely N-dealkylation sites (tertiary alicyclic amines) is 1. The highest BCUT2D eigenvalue weighted by molar-refractivity contribution is 5.97. The normalized spacial score (nSPS) is 23.7. The molecule has 0 radical (unpaired) electrons. The third kappa shape index (κ3) is 3.10. The first-order valence-electron chi connectivity index (χ1n) is 7.20. The van der Waals surface area contributed by atoms with Crippen LogP contribution in [0.25, 0.3) is 0 Å². The molecule has 1 aliphatic carbocycles. The summed E-state index contributed by atoms with van der Waals surface area (Å²) in [5.41, 5.74) is 0. The molecule has 2 rings (SSSR count). The molecule has 2 aliphatic rings. The molecule has 1 N–H and O–H groups in total. The molecule has 18 heavy (non-hydrogen) atoms. The van der Waals surface area contributed by atoms with Gasteiger partial charge in [0.25, 0.3) is 0 Å². The van der Waals surface area contributed by atoms with Crippen LogP contribution in [0.2, 0.25) is 0 Å². The lowest BCUT2D eigenvalue weighted by molar-refractivity contribution is -0.151. The van der Waals surface area contributed by atoms with Crippen LogP contribution in [0.3, 0.4) is 0 Å². The van der Waals surface area contributed by atoms with Gasteiger partial charge in [-0.3, -0.25) is 14.5 Å². The molecule has 0 bridgehead atoms. The van der Waals surface area contributed by atoms with E-state index in [-0.39, 0.29) is 11.8 Å². The zero-order chi connectivity index (χ0) is 13.0. The summed E-state index contributed by atoms with van der Waals surface area (Å²) >= 11 is 0. The van der Waals surface area contributed by atoms with Crippen molar-refractivity contribution in [1.82, 2.24) is 10.2 Å². The topological polar surface area (TPSA) is 49.4 Å². The highest BCUT2D eigenvalue weighted by atomic mass is 16.2. The molecule has 102 valence electrons. The van der Waals surface area contributed by atoms with E-state index >= 15 is 0 Å². The molecule has 0 atom stereocenters. The Morgan fingerprint density at radius 2 is 1.67 bits per heavy atom. The molecular weight excluding hydrogens is 228 g/mol. The number of amides is 2. The fourth-order valence-electron chi connectivity index (χ4n) is 3.29. The maximum Gasteiger partial charge on any atom is 0.229 e. The zero-order valence-electron chi connectivity index (χ0n) is 11.3. The Labute approximate surface area is 109 Å². The van der Waals surface area contributed by atoms with Crippen molar-refractivity contribution in [3.8, 4) is 0 Å². The Morgan fingerprint density at radius 3 is 2.22 bits per heavy atom. The summed E-state index contributed by atoms with van der Waals surface area (Å²) in [6, 6.07) is 0. The third-order valence-electron chi connectivity index (χ3n) is 4.38. The highest BCUT2D eigenvalue weighted by Crippen LogP contribution is 2.36. The van der Waals surface area contributed by atoms with E-state index in [1.54, 1.807) is 0 Å². The number of hydrogen-bond acceptors (Lipinski definition) is 3. The number of piperidine rings is 1. The summed E-state index contributed by atoms with van der Waals surface area (Å²) < 4.78 is 0. The van der Waals surface area contributed by atoms with Gasteiger partial charge in [-0.15, -0.1) is 0 Å². The van der Waals surface area contributed by atoms with Crippen LogP contribution in [0.1, 0.15) is 44.9 Å². The molecular formula is C14H24N2O2. The predicted molar refractivity (Wildman–Crippen MR) is 69.9 cm³/mol. The third-order valence-corrected chi connectivity index (χ3v) is 4.38. The highest BCUT2D eigenvalue weighted by Gasteiger charge is 2.36. The van der Waals surface area contributed by atoms with E-state index in [1.165, 1.54) is 37.0 Å². The van der Waals surface area contributed by atoms with E-state index in [9.17, 15) is 9.59 Å². The fraction of sp³-hybridized carbons (Fsp3) is 0.857. The number of carbonyl (C=O) groups excluding carboxylic acids is 2. The number of nitrogens with zero attached hydrogens (tertiary/aromatic N) is 1. The first-order valence-corrected chi connectivity index (χ1v) is 7.20. The summed E-state index contributed by atoms with van der Waals surface area (Å²) in [4.78, 5) is 25.5. The Hall–Kier alpha value is -0.900. The van der Waals surface area contributed by atoms with Gasteiger partial charge in [0.15, 0.2) is 0 Å². The summed E-state index contributed by atoms with van der Waals surface area (Å²) in [6.45, 7) is 1.21. The van der Waals surface area contributed by atoms with Crippen LogP contribution < -0.4 is 5.32 Å². The molecule has 1 saturated heterocycles. The minimum atomic E-state index is 0.0390. The number of carbonyl (C=O) groups is 2. The predicted octanol–water partition coefficient (Wildman–Crippen LogP) is 1.55. The molecule has 2 fully saturated rings. The van der Waals surface area contributed by atoms with E-state index in [2.05, 4.69) is 5.32 Å². The van der Waals surface area contributed by atoms with Crippen molar-refractivity contribution in [3.63, 3.8) is 0 Å². The number of imide groups is 1. The van der Waals surface area contributed by atoms with Crippen molar-refractivity contribution in [3.05, 3.63) is 0 Å². The number of likely N-dealkylation sites (N-methyl/N-ethyl adjacent to an activating group) is 1. The Kier molecular flexibility index (Phi) is 4.75. The molecule has 1 heterocycles. The van der Waals surface area contributed by atoms with Gasteiger partial charge in [-0.2, -0.15) is 0 Å². The SMILES string of the molecule is CNCCN1C(=O)CC(C2CCCCC2)CC1=O. The second-order valence-corrected chi connectivity index (χ2v) is 5.61. The smallest absolute Gasteiger partial charge is 0.229 e. The van der Waals surface area contributed by atoms with Gasteiger partial charge in [0.2, 0.25) is 11.8 Å². The monoisotopic (exact) mass is 252 g/mol. The van der Waals surface area contributed by atoms with Gasteiger partial charge in [0.05, 0.1) is 0 Å². The molecule has 0 aromatic carbocycles. The summed E-state index contributed by atoms with van der Waals surface area (Å²) in [6.07, 6.45) is 7.45. The summed E-state index contributed by atoms with van der Waals surface area (Å²) in [7, 11) is 1.84. The van der Waals surface area contributed by atoms with Crippen LogP contribution in [0, 0.1) is 11.8 Å². The Bertz CT molecular complexity index is 293. The second-order valence-electron chi connectivity index (χ2n) is 5.61. The van der Waals surface area contributed by atoms with Gasteiger partial charge in [-0.1, -0.05) is 32.1 Å². The second kappa shape index (κ2) is 6.32. The van der Waals surface area contributed by atoms with Crippen molar-refractivity contribution in [2.75, 3.05) is 20.1 Å². The number of hydrogen-bond donors (Lipinski definition) is 1. The van der Waals surface area contributed by atoms with Gasteiger partial charge >= 0.3 is 0 Å². The van der Waals surface area contributed by atoms with Gasteiger partial charge in [-0.25, -0.2) is 0 Å². The van der Waals surface area contributed by atoms with Crippen LogP contribution in [0.4, 0.5) is 0 Å². The van der Waals surface area contributed by atoms with E-state index in [1.807, 2.05) is 7.05 Å². The molecule has 1 saturated carbocycles. The lowest BCUT2D eigenvalue weighted by atomic mass is 9.75. The van der Waals surface area contributed by atoms with E-state index < -0.39 is 0 Å². The van der Waals surface area contributed by atoms with Crippen LogP contribution in [0.15, 0.2) is 0 Å². The van der Waals surface area contributed by atoms with Crippen LogP contribution in [-0.4, -0.2) is 36.9 Å². The molecule has 2 amide bonds. The van der Waals surface area contributed by atoms with Gasteiger partial charge in [0.1, 0.15) is 0 Å². The van der Waals surface area contributed by atoms with Gasteiger partial charge in [-0.05, 0) is 18.9 Å². The van der Waals surface area contributed by atoms with E-state index in [0.717, 1.165) is 0 Å². The molecule has 0 spiro atoms. The average molecular weight is 252 g/mol. The zero-order valence-corrected chi connectivity index (χ0v) is 11.3. The maximum absolute atomic E-state index is 12.0. The first-order chi connectivity index (χ1) is 8.72. The van der Waals surface area contributed by atoms with Crippen molar-refractivity contribution in [2.24, 2.45) is 11.8 Å². The minimum absolute atomic E-state index is 0.0390. The largest absolute Gasteiger partial charge is 0.318 e. The molecule has 0 aromatic rings. The molecule has 4 heteroatoms. The number of rotatable bonds is 4. The fourth-order valence-corrected chi connectivity index (χ4v) is 3.29. The average Bonchev–Trinajstić information content (AvgIpc) is 2.39. The quantitative estimate of drug-likeness (QED) is 0.772. The lowest BCUT2D eigenvalue weighted by Crippen LogP contribution is -2.47. The van der Waals surface area contributed by atoms with Crippen molar-refractivity contribution in [2.45, 2.75) is 44.9 Å². The van der Waals surface area contributed by atoms with Crippen molar-refractivity contribution >= 4 is 11.8 Å². The summed E-state index contributed by atoms with van der Waals surface area (Å²) in [5, 5.41) is 2.98.